The van der Waals surface area contributed by atoms with Crippen LogP contribution in [0.3, 0.4) is 0 Å². The molecule has 1 aromatic heterocycles. The van der Waals surface area contributed by atoms with E-state index in [1.165, 1.54) is 22.8 Å². The molecule has 22 heavy (non-hydrogen) atoms. The number of aromatic nitrogens is 1. The minimum Gasteiger partial charge on any atom is -0.324 e. The maximum atomic E-state index is 13.7. The van der Waals surface area contributed by atoms with Gasteiger partial charge in [0.1, 0.15) is 17.2 Å². The lowest BCUT2D eigenvalue weighted by atomic mass is 10.0. The van der Waals surface area contributed by atoms with Gasteiger partial charge in [0, 0.05) is 5.56 Å². The topological polar surface area (TPSA) is 51.1 Å². The molecule has 1 aromatic carbocycles. The Morgan fingerprint density at radius 1 is 1.32 bits per heavy atom. The Kier molecular flexibility index (Phi) is 2.81. The molecular weight excluding hydrogens is 375 g/mol. The van der Waals surface area contributed by atoms with Crippen molar-refractivity contribution >= 4 is 33.4 Å². The number of carbonyl (C=O) groups is 1. The summed E-state index contributed by atoms with van der Waals surface area (Å²) in [5, 5.41) is 3.02. The molecule has 112 valence electrons. The van der Waals surface area contributed by atoms with Crippen LogP contribution in [-0.4, -0.2) is 10.5 Å². The Hall–Kier alpha value is -1.66. The molecule has 1 spiro atoms. The molecule has 2 aliphatic rings. The number of nitrogens with zero attached hydrogens (tertiary/aromatic N) is 1. The zero-order chi connectivity index (χ0) is 15.6. The number of hydrogen-bond donors (Lipinski definition) is 1. The lowest BCUT2D eigenvalue weighted by Crippen LogP contribution is -2.46. The van der Waals surface area contributed by atoms with Crippen molar-refractivity contribution in [2.45, 2.75) is 18.5 Å². The van der Waals surface area contributed by atoms with Crippen molar-refractivity contribution in [3.8, 4) is 0 Å². The first-order valence-electron chi connectivity index (χ1n) is 6.67. The van der Waals surface area contributed by atoms with Gasteiger partial charge in [0.15, 0.2) is 0 Å². The van der Waals surface area contributed by atoms with E-state index in [2.05, 4.69) is 21.2 Å². The monoisotopic (exact) mass is 382 g/mol. The van der Waals surface area contributed by atoms with Gasteiger partial charge in [0.05, 0.1) is 9.50 Å². The predicted molar refractivity (Wildman–Crippen MR) is 82.7 cm³/mol. The Morgan fingerprint density at radius 2 is 2.09 bits per heavy atom. The number of carbonyl (C=O) groups excluding carboxylic acids is 1. The molecule has 1 aliphatic carbocycles. The number of halogens is 3. The van der Waals surface area contributed by atoms with Crippen LogP contribution < -0.4 is 10.9 Å². The van der Waals surface area contributed by atoms with Gasteiger partial charge in [-0.1, -0.05) is 17.7 Å². The summed E-state index contributed by atoms with van der Waals surface area (Å²) in [6.07, 6.45) is 1.13. The fourth-order valence-electron chi connectivity index (χ4n) is 3.40. The van der Waals surface area contributed by atoms with Gasteiger partial charge >= 0.3 is 0 Å². The fourth-order valence-corrected chi connectivity index (χ4v) is 4.22. The number of aryl methyl sites for hydroxylation is 1. The van der Waals surface area contributed by atoms with E-state index in [9.17, 15) is 14.0 Å². The van der Waals surface area contributed by atoms with Gasteiger partial charge in [-0.05, 0) is 52.5 Å². The Bertz CT molecular complexity index is 911. The lowest BCUT2D eigenvalue weighted by Gasteiger charge is -2.28. The summed E-state index contributed by atoms with van der Waals surface area (Å²) in [5.41, 5.74) is 0.212. The summed E-state index contributed by atoms with van der Waals surface area (Å²) < 4.78 is 15.3. The van der Waals surface area contributed by atoms with Crippen LogP contribution in [0.15, 0.2) is 33.5 Å². The van der Waals surface area contributed by atoms with E-state index in [-0.39, 0.29) is 20.7 Å². The Labute approximate surface area is 138 Å². The molecule has 4 nitrogen and oxygen atoms in total. The first-order valence-corrected chi connectivity index (χ1v) is 7.84. The molecule has 0 bridgehead atoms. The largest absolute Gasteiger partial charge is 0.324 e. The molecule has 4 rings (SSSR count). The SMILES string of the molecule is O=C1NC2(CCc3ccc(F)cc32)n2c1c(Cl)cc(Br)c2=O. The number of pyridine rings is 1. The third kappa shape index (κ3) is 1.62. The zero-order valence-corrected chi connectivity index (χ0v) is 13.5. The highest BCUT2D eigenvalue weighted by Gasteiger charge is 2.50. The molecule has 1 aliphatic heterocycles. The molecule has 0 radical (unpaired) electrons. The molecule has 7 heteroatoms. The summed E-state index contributed by atoms with van der Waals surface area (Å²) in [5.74, 6) is -0.830. The van der Waals surface area contributed by atoms with E-state index < -0.39 is 17.4 Å². The van der Waals surface area contributed by atoms with Crippen LogP contribution in [0.25, 0.3) is 0 Å². The Balaban J connectivity index is 2.10. The van der Waals surface area contributed by atoms with Gasteiger partial charge in [0.2, 0.25) is 0 Å². The minimum absolute atomic E-state index is 0.118. The second-order valence-corrected chi connectivity index (χ2v) is 6.71. The maximum Gasteiger partial charge on any atom is 0.271 e. The average Bonchev–Trinajstić information content (AvgIpc) is 2.96. The third-order valence-corrected chi connectivity index (χ3v) is 5.16. The van der Waals surface area contributed by atoms with E-state index in [4.69, 9.17) is 11.6 Å². The third-order valence-electron chi connectivity index (χ3n) is 4.30. The van der Waals surface area contributed by atoms with Crippen molar-refractivity contribution in [3.63, 3.8) is 0 Å². The summed E-state index contributed by atoms with van der Waals surface area (Å²) in [6, 6.07) is 5.86. The standard InChI is InChI=1S/C15H9BrClFN2O2/c16-10-6-11(17)12-13(21)19-15(20(12)14(10)22)4-3-7-1-2-8(18)5-9(7)15/h1-2,5-6H,3-4H2,(H,19,21). The van der Waals surface area contributed by atoms with Crippen molar-refractivity contribution in [3.05, 3.63) is 66.8 Å². The van der Waals surface area contributed by atoms with Gasteiger partial charge in [-0.15, -0.1) is 0 Å². The molecule has 1 N–H and O–H groups in total. The van der Waals surface area contributed by atoms with Gasteiger partial charge in [-0.25, -0.2) is 4.39 Å². The van der Waals surface area contributed by atoms with E-state index in [1.54, 1.807) is 6.07 Å². The average molecular weight is 384 g/mol. The summed E-state index contributed by atoms with van der Waals surface area (Å²) in [6.45, 7) is 0. The summed E-state index contributed by atoms with van der Waals surface area (Å²) in [7, 11) is 0. The maximum absolute atomic E-state index is 13.7. The molecule has 2 heterocycles. The van der Waals surface area contributed by atoms with Gasteiger partial charge < -0.3 is 5.32 Å². The molecule has 1 atom stereocenters. The van der Waals surface area contributed by atoms with Crippen molar-refractivity contribution < 1.29 is 9.18 Å². The highest BCUT2D eigenvalue weighted by atomic mass is 79.9. The normalized spacial score (nSPS) is 21.9. The second kappa shape index (κ2) is 4.43. The highest BCUT2D eigenvalue weighted by Crippen LogP contribution is 2.42. The van der Waals surface area contributed by atoms with Gasteiger partial charge in [-0.3, -0.25) is 14.2 Å². The van der Waals surface area contributed by atoms with Crippen LogP contribution >= 0.6 is 27.5 Å². The molecular formula is C15H9BrClFN2O2. The van der Waals surface area contributed by atoms with Crippen LogP contribution in [-0.2, 0) is 12.1 Å². The lowest BCUT2D eigenvalue weighted by molar-refractivity contribution is 0.0935. The van der Waals surface area contributed by atoms with Crippen LogP contribution in [0, 0.1) is 5.82 Å². The molecule has 0 saturated carbocycles. The molecule has 1 unspecified atom stereocenters. The number of nitrogens with one attached hydrogen (secondary N) is 1. The van der Waals surface area contributed by atoms with Gasteiger partial charge in [0.25, 0.3) is 11.5 Å². The molecule has 0 saturated heterocycles. The number of amides is 1. The van der Waals surface area contributed by atoms with E-state index >= 15 is 0 Å². The summed E-state index contributed by atoms with van der Waals surface area (Å²) in [4.78, 5) is 24.9. The van der Waals surface area contributed by atoms with Crippen LogP contribution in [0.4, 0.5) is 4.39 Å². The van der Waals surface area contributed by atoms with Crippen molar-refractivity contribution in [2.24, 2.45) is 0 Å². The quantitative estimate of drug-likeness (QED) is 0.760. The van der Waals surface area contributed by atoms with Gasteiger partial charge in [-0.2, -0.15) is 0 Å². The Morgan fingerprint density at radius 3 is 2.86 bits per heavy atom. The fraction of sp³-hybridized carbons (Fsp3) is 0.200. The molecule has 2 aromatic rings. The van der Waals surface area contributed by atoms with Crippen molar-refractivity contribution in [1.29, 1.82) is 0 Å². The van der Waals surface area contributed by atoms with Crippen LogP contribution in [0.2, 0.25) is 5.02 Å². The number of rotatable bonds is 0. The van der Waals surface area contributed by atoms with Crippen molar-refractivity contribution in [2.75, 3.05) is 0 Å². The summed E-state index contributed by atoms with van der Waals surface area (Å²) >= 11 is 9.31. The zero-order valence-electron chi connectivity index (χ0n) is 11.1. The smallest absolute Gasteiger partial charge is 0.271 e. The first kappa shape index (κ1) is 14.0. The minimum atomic E-state index is -1.06. The van der Waals surface area contributed by atoms with E-state index in [0.29, 0.717) is 18.4 Å². The first-order chi connectivity index (χ1) is 10.4. The second-order valence-electron chi connectivity index (χ2n) is 5.45. The van der Waals surface area contributed by atoms with E-state index in [1.807, 2.05) is 0 Å². The van der Waals surface area contributed by atoms with Crippen molar-refractivity contribution in [1.82, 2.24) is 9.88 Å². The molecule has 1 amide bonds. The number of fused-ring (bicyclic) bond motifs is 4. The predicted octanol–water partition coefficient (Wildman–Crippen LogP) is 2.79. The highest BCUT2D eigenvalue weighted by molar-refractivity contribution is 9.10. The number of hydrogen-bond acceptors (Lipinski definition) is 2. The number of benzene rings is 1. The van der Waals surface area contributed by atoms with Crippen LogP contribution in [0.1, 0.15) is 28.0 Å². The van der Waals surface area contributed by atoms with E-state index in [0.717, 1.165) is 5.56 Å². The molecule has 0 fully saturated rings. The van der Waals surface area contributed by atoms with Crippen LogP contribution in [0.5, 0.6) is 0 Å².